The Bertz CT molecular complexity index is 909. The number of hydrogen-bond donors (Lipinski definition) is 0. The van der Waals surface area contributed by atoms with Crippen LogP contribution in [0.3, 0.4) is 0 Å². The summed E-state index contributed by atoms with van der Waals surface area (Å²) in [5, 5.41) is 0.738. The fraction of sp³-hybridized carbons (Fsp3) is 0.435. The largest absolute Gasteiger partial charge is 0.371 e. The maximum Gasteiger partial charge on any atom is 0.250 e. The van der Waals surface area contributed by atoms with Gasteiger partial charge >= 0.3 is 0 Å². The first kappa shape index (κ1) is 19.8. The number of nitrogens with zero attached hydrogens (tertiary/aromatic N) is 3. The summed E-state index contributed by atoms with van der Waals surface area (Å²) in [6.07, 6.45) is 1.65. The highest BCUT2D eigenvalue weighted by molar-refractivity contribution is 6.30. The Kier molecular flexibility index (Phi) is 5.17. The van der Waals surface area contributed by atoms with Crippen molar-refractivity contribution < 1.29 is 13.9 Å². The molecule has 1 atom stereocenters. The highest BCUT2D eigenvalue weighted by Crippen LogP contribution is 2.40. The van der Waals surface area contributed by atoms with E-state index in [4.69, 9.17) is 16.3 Å². The minimum Gasteiger partial charge on any atom is -0.371 e. The van der Waals surface area contributed by atoms with Crippen molar-refractivity contribution in [1.82, 2.24) is 9.80 Å². The van der Waals surface area contributed by atoms with Crippen LogP contribution in [0.2, 0.25) is 5.02 Å². The normalized spacial score (nSPS) is 23.4. The Hall–Kier alpha value is -2.15. The summed E-state index contributed by atoms with van der Waals surface area (Å²) in [5.41, 5.74) is 1.55. The quantitative estimate of drug-likeness (QED) is 0.682. The van der Waals surface area contributed by atoms with Gasteiger partial charge in [-0.3, -0.25) is 9.69 Å². The third kappa shape index (κ3) is 3.80. The van der Waals surface area contributed by atoms with Gasteiger partial charge in [0.25, 0.3) is 0 Å². The Labute approximate surface area is 181 Å². The molecule has 3 aliphatic heterocycles. The Morgan fingerprint density at radius 1 is 1.07 bits per heavy atom. The summed E-state index contributed by atoms with van der Waals surface area (Å²) in [6.45, 7) is 4.40. The molecule has 0 saturated carbocycles. The van der Waals surface area contributed by atoms with E-state index in [1.165, 1.54) is 17.7 Å². The van der Waals surface area contributed by atoms with Crippen molar-refractivity contribution in [2.45, 2.75) is 31.0 Å². The first-order chi connectivity index (χ1) is 14.5. The number of halogens is 2. The number of likely N-dealkylation sites (tertiary alicyclic amines) is 1. The van der Waals surface area contributed by atoms with Crippen LogP contribution < -0.4 is 4.90 Å². The van der Waals surface area contributed by atoms with Gasteiger partial charge < -0.3 is 14.5 Å². The van der Waals surface area contributed by atoms with Gasteiger partial charge in [-0.25, -0.2) is 4.39 Å². The van der Waals surface area contributed by atoms with Crippen LogP contribution in [-0.4, -0.2) is 60.3 Å². The minimum atomic E-state index is -0.566. The Morgan fingerprint density at radius 3 is 2.37 bits per heavy atom. The van der Waals surface area contributed by atoms with E-state index in [0.29, 0.717) is 13.2 Å². The molecule has 0 aliphatic carbocycles. The van der Waals surface area contributed by atoms with Crippen LogP contribution in [0, 0.1) is 5.82 Å². The Morgan fingerprint density at radius 2 is 1.73 bits per heavy atom. The molecular weight excluding hydrogens is 405 g/mol. The van der Waals surface area contributed by atoms with E-state index in [0.717, 1.165) is 49.8 Å². The molecule has 5 rings (SSSR count). The van der Waals surface area contributed by atoms with Gasteiger partial charge in [-0.2, -0.15) is 0 Å². The van der Waals surface area contributed by atoms with E-state index < -0.39 is 5.54 Å². The minimum absolute atomic E-state index is 0.157. The van der Waals surface area contributed by atoms with Gasteiger partial charge in [0.1, 0.15) is 11.4 Å². The molecule has 158 valence electrons. The summed E-state index contributed by atoms with van der Waals surface area (Å²) >= 11 is 6.00. The molecule has 0 bridgehead atoms. The molecule has 30 heavy (non-hydrogen) atoms. The van der Waals surface area contributed by atoms with Crippen molar-refractivity contribution in [1.29, 1.82) is 0 Å². The van der Waals surface area contributed by atoms with E-state index in [-0.39, 0.29) is 17.8 Å². The fourth-order valence-corrected chi connectivity index (χ4v) is 4.83. The highest BCUT2D eigenvalue weighted by Gasteiger charge is 2.54. The van der Waals surface area contributed by atoms with Crippen molar-refractivity contribution >= 4 is 23.2 Å². The molecule has 0 aromatic heterocycles. The molecule has 2 aromatic rings. The van der Waals surface area contributed by atoms with Gasteiger partial charge in [0.15, 0.2) is 0 Å². The van der Waals surface area contributed by atoms with Crippen molar-refractivity contribution in [2.75, 3.05) is 37.8 Å². The monoisotopic (exact) mass is 429 g/mol. The smallest absolute Gasteiger partial charge is 0.250 e. The molecule has 0 N–H and O–H groups in total. The van der Waals surface area contributed by atoms with Gasteiger partial charge in [-0.05, 0) is 54.8 Å². The van der Waals surface area contributed by atoms with Gasteiger partial charge in [0.05, 0.1) is 25.9 Å². The van der Waals surface area contributed by atoms with Crippen LogP contribution in [0.15, 0.2) is 48.5 Å². The molecule has 0 radical (unpaired) electrons. The summed E-state index contributed by atoms with van der Waals surface area (Å²) in [4.78, 5) is 20.0. The van der Waals surface area contributed by atoms with Crippen LogP contribution in [-0.2, 0) is 16.1 Å². The van der Waals surface area contributed by atoms with E-state index in [1.54, 1.807) is 12.1 Å². The number of hydrogen-bond acceptors (Lipinski definition) is 4. The average molecular weight is 430 g/mol. The number of anilines is 1. The van der Waals surface area contributed by atoms with Crippen LogP contribution >= 0.6 is 11.6 Å². The zero-order valence-corrected chi connectivity index (χ0v) is 17.5. The SMILES string of the molecule is O=C1N(C[C@@H]2CO2)CN(c2ccc(F)cc2)C12CCN(Cc1ccc(Cl)cc1)CC2. The van der Waals surface area contributed by atoms with Crippen LogP contribution in [0.1, 0.15) is 18.4 Å². The van der Waals surface area contributed by atoms with E-state index in [9.17, 15) is 9.18 Å². The molecule has 0 unspecified atom stereocenters. The van der Waals surface area contributed by atoms with E-state index in [2.05, 4.69) is 21.9 Å². The molecule has 3 fully saturated rings. The Balaban J connectivity index is 1.34. The van der Waals surface area contributed by atoms with Crippen molar-refractivity contribution in [2.24, 2.45) is 0 Å². The maximum atomic E-state index is 13.5. The highest BCUT2D eigenvalue weighted by atomic mass is 35.5. The van der Waals surface area contributed by atoms with Gasteiger partial charge in [-0.15, -0.1) is 0 Å². The van der Waals surface area contributed by atoms with Gasteiger partial charge in [0, 0.05) is 30.3 Å². The molecule has 7 heteroatoms. The second-order valence-corrected chi connectivity index (χ2v) is 8.90. The number of rotatable bonds is 5. The lowest BCUT2D eigenvalue weighted by atomic mass is 9.85. The van der Waals surface area contributed by atoms with E-state index >= 15 is 0 Å². The third-order valence-corrected chi connectivity index (χ3v) is 6.73. The second kappa shape index (κ2) is 7.84. The zero-order chi connectivity index (χ0) is 20.7. The number of amides is 1. The summed E-state index contributed by atoms with van der Waals surface area (Å²) in [7, 11) is 0. The number of ether oxygens (including phenoxy) is 1. The first-order valence-electron chi connectivity index (χ1n) is 10.4. The first-order valence-corrected chi connectivity index (χ1v) is 10.8. The van der Waals surface area contributed by atoms with Gasteiger partial charge in [-0.1, -0.05) is 23.7 Å². The average Bonchev–Trinajstić information content (AvgIpc) is 3.54. The predicted molar refractivity (Wildman–Crippen MR) is 114 cm³/mol. The number of epoxide rings is 1. The fourth-order valence-electron chi connectivity index (χ4n) is 4.70. The standard InChI is InChI=1S/C23H25ClFN3O2/c24-18-3-1-17(2-4-18)13-26-11-9-23(10-12-26)22(29)27(14-21-15-30-21)16-28(23)20-7-5-19(25)6-8-20/h1-8,21H,9-16H2/t21-/m1/s1. The molecule has 3 aliphatic rings. The zero-order valence-electron chi connectivity index (χ0n) is 16.8. The number of benzene rings is 2. The van der Waals surface area contributed by atoms with Crippen LogP contribution in [0.5, 0.6) is 0 Å². The molecule has 3 heterocycles. The predicted octanol–water partition coefficient (Wildman–Crippen LogP) is 3.52. The molecule has 2 aromatic carbocycles. The summed E-state index contributed by atoms with van der Waals surface area (Å²) in [6, 6.07) is 14.4. The lowest BCUT2D eigenvalue weighted by Gasteiger charge is -2.43. The molecule has 1 amide bonds. The molecular formula is C23H25ClFN3O2. The van der Waals surface area contributed by atoms with Crippen LogP contribution in [0.25, 0.3) is 0 Å². The molecule has 5 nitrogen and oxygen atoms in total. The topological polar surface area (TPSA) is 39.3 Å². The number of carbonyl (C=O) groups excluding carboxylic acids is 1. The van der Waals surface area contributed by atoms with Crippen molar-refractivity contribution in [3.63, 3.8) is 0 Å². The molecule has 3 saturated heterocycles. The lowest BCUT2D eigenvalue weighted by molar-refractivity contribution is -0.133. The summed E-state index contributed by atoms with van der Waals surface area (Å²) in [5.74, 6) is -0.0900. The summed E-state index contributed by atoms with van der Waals surface area (Å²) < 4.78 is 18.9. The van der Waals surface area contributed by atoms with Crippen LogP contribution in [0.4, 0.5) is 10.1 Å². The number of carbonyl (C=O) groups is 1. The van der Waals surface area contributed by atoms with E-state index in [1.807, 2.05) is 17.0 Å². The van der Waals surface area contributed by atoms with Crippen molar-refractivity contribution in [3.8, 4) is 0 Å². The maximum absolute atomic E-state index is 13.5. The van der Waals surface area contributed by atoms with Gasteiger partial charge in [0.2, 0.25) is 5.91 Å². The second-order valence-electron chi connectivity index (χ2n) is 8.46. The third-order valence-electron chi connectivity index (χ3n) is 6.48. The lowest BCUT2D eigenvalue weighted by Crippen LogP contribution is -2.56. The van der Waals surface area contributed by atoms with Crippen molar-refractivity contribution in [3.05, 3.63) is 64.9 Å². The number of piperidine rings is 1. The molecule has 1 spiro atoms.